The minimum Gasteiger partial charge on any atom is -0.507 e. The van der Waals surface area contributed by atoms with Crippen LogP contribution in [0.15, 0.2) is 24.8 Å². The standard InChI is InChI=1S/C21H25N5O4/c1-10(2)13-6-14(11(3)4)17(27)15(7-13)21(29)30-12(5)20(28)26-19-16-18(23-8-22-16)24-9-25-19/h6-12,27H,1-5H3,(H2,22,23,24,25,26,28)/t12-/m1/s1. The minimum atomic E-state index is -1.12. The number of fused-ring (bicyclic) bond motifs is 1. The Kier molecular flexibility index (Phi) is 6.00. The number of nitrogens with one attached hydrogen (secondary N) is 2. The lowest BCUT2D eigenvalue weighted by Crippen LogP contribution is -2.30. The second kappa shape index (κ2) is 8.48. The van der Waals surface area contributed by atoms with Crippen LogP contribution in [0, 0.1) is 0 Å². The summed E-state index contributed by atoms with van der Waals surface area (Å²) in [5.41, 5.74) is 2.48. The maximum atomic E-state index is 12.7. The van der Waals surface area contributed by atoms with Crippen molar-refractivity contribution in [3.8, 4) is 5.75 Å². The van der Waals surface area contributed by atoms with Crippen LogP contribution in [0.25, 0.3) is 11.2 Å². The van der Waals surface area contributed by atoms with E-state index >= 15 is 0 Å². The molecule has 30 heavy (non-hydrogen) atoms. The highest BCUT2D eigenvalue weighted by Crippen LogP contribution is 2.33. The third kappa shape index (κ3) is 4.24. The van der Waals surface area contributed by atoms with Crippen molar-refractivity contribution in [2.45, 2.75) is 52.6 Å². The molecule has 0 unspecified atom stereocenters. The third-order valence-electron chi connectivity index (χ3n) is 4.79. The maximum Gasteiger partial charge on any atom is 0.342 e. The highest BCUT2D eigenvalue weighted by Gasteiger charge is 2.25. The van der Waals surface area contributed by atoms with E-state index < -0.39 is 18.0 Å². The number of H-pyrrole nitrogens is 1. The van der Waals surface area contributed by atoms with Gasteiger partial charge in [0.1, 0.15) is 23.2 Å². The largest absolute Gasteiger partial charge is 0.507 e. The van der Waals surface area contributed by atoms with E-state index in [-0.39, 0.29) is 29.0 Å². The molecule has 1 amide bonds. The first-order valence-electron chi connectivity index (χ1n) is 9.71. The van der Waals surface area contributed by atoms with Crippen LogP contribution >= 0.6 is 0 Å². The van der Waals surface area contributed by atoms with E-state index in [1.807, 2.05) is 33.8 Å². The second-order valence-electron chi connectivity index (χ2n) is 7.68. The van der Waals surface area contributed by atoms with Gasteiger partial charge in [-0.05, 0) is 36.0 Å². The quantitative estimate of drug-likeness (QED) is 0.529. The van der Waals surface area contributed by atoms with E-state index in [9.17, 15) is 14.7 Å². The lowest BCUT2D eigenvalue weighted by atomic mass is 9.92. The number of hydrogen-bond acceptors (Lipinski definition) is 7. The van der Waals surface area contributed by atoms with Gasteiger partial charge < -0.3 is 20.1 Å². The molecule has 1 aromatic carbocycles. The Labute approximate surface area is 173 Å². The first-order valence-corrected chi connectivity index (χ1v) is 9.71. The van der Waals surface area contributed by atoms with E-state index in [4.69, 9.17) is 4.74 Å². The number of carbonyl (C=O) groups is 2. The number of anilines is 1. The Morgan fingerprint density at radius 3 is 2.47 bits per heavy atom. The molecule has 0 aliphatic rings. The van der Waals surface area contributed by atoms with E-state index in [0.717, 1.165) is 5.56 Å². The third-order valence-corrected chi connectivity index (χ3v) is 4.79. The summed E-state index contributed by atoms with van der Waals surface area (Å²) in [5, 5.41) is 13.2. The van der Waals surface area contributed by atoms with E-state index in [2.05, 4.69) is 25.3 Å². The molecular formula is C21H25N5O4. The summed E-state index contributed by atoms with van der Waals surface area (Å²) in [5.74, 6) is -1.05. The molecule has 3 rings (SSSR count). The van der Waals surface area contributed by atoms with Crippen LogP contribution in [0.4, 0.5) is 5.82 Å². The number of imidazole rings is 1. The van der Waals surface area contributed by atoms with Crippen LogP contribution in [-0.4, -0.2) is 43.0 Å². The smallest absolute Gasteiger partial charge is 0.342 e. The molecule has 3 aromatic rings. The summed E-state index contributed by atoms with van der Waals surface area (Å²) in [7, 11) is 0. The molecule has 1 atom stereocenters. The number of phenols is 1. The Morgan fingerprint density at radius 1 is 1.07 bits per heavy atom. The Morgan fingerprint density at radius 2 is 1.80 bits per heavy atom. The van der Waals surface area contributed by atoms with Crippen molar-refractivity contribution < 1.29 is 19.4 Å². The average molecular weight is 411 g/mol. The number of benzene rings is 1. The van der Waals surface area contributed by atoms with Crippen molar-refractivity contribution in [3.05, 3.63) is 41.5 Å². The number of phenolic OH excluding ortho intramolecular Hbond substituents is 1. The molecule has 9 nitrogen and oxygen atoms in total. The SMILES string of the molecule is CC(C)c1cc(C(=O)O[C@H](C)C(=O)Nc2ncnc3nc[nH]c23)c(O)c(C(C)C)c1. The number of ether oxygens (including phenoxy) is 1. The van der Waals surface area contributed by atoms with E-state index in [0.29, 0.717) is 16.7 Å². The number of esters is 1. The summed E-state index contributed by atoms with van der Waals surface area (Å²) < 4.78 is 5.33. The van der Waals surface area contributed by atoms with Crippen LogP contribution in [0.1, 0.15) is 67.9 Å². The summed E-state index contributed by atoms with van der Waals surface area (Å²) in [4.78, 5) is 40.1. The molecule has 3 N–H and O–H groups in total. The number of rotatable bonds is 6. The molecule has 0 bridgehead atoms. The van der Waals surface area contributed by atoms with Gasteiger partial charge in [0.15, 0.2) is 17.6 Å². The Hall–Kier alpha value is -3.49. The van der Waals surface area contributed by atoms with Gasteiger partial charge in [-0.15, -0.1) is 0 Å². The van der Waals surface area contributed by atoms with Gasteiger partial charge in [0.25, 0.3) is 5.91 Å². The molecule has 0 aliphatic heterocycles. The monoisotopic (exact) mass is 411 g/mol. The predicted molar refractivity (Wildman–Crippen MR) is 111 cm³/mol. The van der Waals surface area contributed by atoms with Crippen molar-refractivity contribution in [2.24, 2.45) is 0 Å². The van der Waals surface area contributed by atoms with E-state index in [1.54, 1.807) is 6.07 Å². The fourth-order valence-electron chi connectivity index (χ4n) is 2.96. The fraction of sp³-hybridized carbons (Fsp3) is 0.381. The molecule has 158 valence electrons. The van der Waals surface area contributed by atoms with Gasteiger partial charge in [-0.3, -0.25) is 4.79 Å². The Balaban J connectivity index is 1.79. The number of nitrogens with zero attached hydrogens (tertiary/aromatic N) is 3. The molecule has 2 heterocycles. The topological polar surface area (TPSA) is 130 Å². The zero-order valence-corrected chi connectivity index (χ0v) is 17.6. The molecule has 2 aromatic heterocycles. The zero-order chi connectivity index (χ0) is 22.0. The van der Waals surface area contributed by atoms with Gasteiger partial charge in [-0.1, -0.05) is 33.8 Å². The van der Waals surface area contributed by atoms with Crippen molar-refractivity contribution in [1.29, 1.82) is 0 Å². The highest BCUT2D eigenvalue weighted by atomic mass is 16.5. The van der Waals surface area contributed by atoms with Crippen molar-refractivity contribution in [1.82, 2.24) is 19.9 Å². The van der Waals surface area contributed by atoms with Gasteiger partial charge in [-0.25, -0.2) is 19.7 Å². The second-order valence-corrected chi connectivity index (χ2v) is 7.68. The molecule has 0 aliphatic carbocycles. The molecule has 0 saturated carbocycles. The number of aromatic nitrogens is 4. The highest BCUT2D eigenvalue weighted by molar-refractivity contribution is 6.01. The number of aromatic hydroxyl groups is 1. The molecule has 9 heteroatoms. The summed E-state index contributed by atoms with van der Waals surface area (Å²) in [6.45, 7) is 9.31. The minimum absolute atomic E-state index is 0.0190. The lowest BCUT2D eigenvalue weighted by Gasteiger charge is -2.18. The van der Waals surface area contributed by atoms with E-state index in [1.165, 1.54) is 19.6 Å². The summed E-state index contributed by atoms with van der Waals surface area (Å²) in [6.07, 6.45) is 1.60. The molecular weight excluding hydrogens is 386 g/mol. The van der Waals surface area contributed by atoms with Crippen LogP contribution in [0.3, 0.4) is 0 Å². The Bertz CT molecular complexity index is 1090. The van der Waals surface area contributed by atoms with Gasteiger partial charge >= 0.3 is 5.97 Å². The zero-order valence-electron chi connectivity index (χ0n) is 17.6. The van der Waals surface area contributed by atoms with Crippen LogP contribution in [0.5, 0.6) is 5.75 Å². The first-order chi connectivity index (χ1) is 14.2. The molecule has 0 saturated heterocycles. The number of hydrogen-bond donors (Lipinski definition) is 3. The van der Waals surface area contributed by atoms with Crippen molar-refractivity contribution in [2.75, 3.05) is 5.32 Å². The van der Waals surface area contributed by atoms with Crippen molar-refractivity contribution in [3.63, 3.8) is 0 Å². The summed E-state index contributed by atoms with van der Waals surface area (Å²) in [6, 6.07) is 3.50. The van der Waals surface area contributed by atoms with Crippen LogP contribution in [-0.2, 0) is 9.53 Å². The molecule has 0 fully saturated rings. The number of aromatic amines is 1. The lowest BCUT2D eigenvalue weighted by molar-refractivity contribution is -0.123. The predicted octanol–water partition coefficient (Wildman–Crippen LogP) is 3.49. The summed E-state index contributed by atoms with van der Waals surface area (Å²) >= 11 is 0. The number of carbonyl (C=O) groups excluding carboxylic acids is 2. The van der Waals surface area contributed by atoms with Crippen LogP contribution in [0.2, 0.25) is 0 Å². The average Bonchev–Trinajstić information content (AvgIpc) is 3.17. The van der Waals surface area contributed by atoms with Crippen LogP contribution < -0.4 is 5.32 Å². The molecule has 0 radical (unpaired) electrons. The van der Waals surface area contributed by atoms with Crippen molar-refractivity contribution >= 4 is 28.9 Å². The maximum absolute atomic E-state index is 12.7. The number of amides is 1. The van der Waals surface area contributed by atoms with Gasteiger partial charge in [0.05, 0.1) is 6.33 Å². The van der Waals surface area contributed by atoms with Gasteiger partial charge in [-0.2, -0.15) is 0 Å². The molecule has 0 spiro atoms. The normalized spacial score (nSPS) is 12.4. The van der Waals surface area contributed by atoms with Gasteiger partial charge in [0, 0.05) is 0 Å². The first kappa shape index (κ1) is 21.2. The van der Waals surface area contributed by atoms with Gasteiger partial charge in [0.2, 0.25) is 0 Å². The fourth-order valence-corrected chi connectivity index (χ4v) is 2.96.